The van der Waals surface area contributed by atoms with Gasteiger partial charge in [-0.3, -0.25) is 9.59 Å². The van der Waals surface area contributed by atoms with Gasteiger partial charge in [0.05, 0.1) is 5.75 Å². The van der Waals surface area contributed by atoms with E-state index in [2.05, 4.69) is 5.32 Å². The van der Waals surface area contributed by atoms with Crippen LogP contribution in [0.4, 0.5) is 5.69 Å². The molecule has 1 aromatic carbocycles. The quantitative estimate of drug-likeness (QED) is 0.794. The molecule has 0 aromatic heterocycles. The first-order valence-electron chi connectivity index (χ1n) is 6.43. The van der Waals surface area contributed by atoms with E-state index in [1.54, 1.807) is 24.3 Å². The standard InChI is InChI=1S/C13H17N3O4S/c1-15-13(18)10-3-2-4-11(6-10)16-7-9(5-12(16)17)8-21(14,19)20/h2-4,6,9H,5,7-8H2,1H3,(H,15,18)(H2,14,19,20). The Hall–Kier alpha value is -1.93. The van der Waals surface area contributed by atoms with Crippen molar-refractivity contribution in [1.29, 1.82) is 0 Å². The van der Waals surface area contributed by atoms with E-state index in [4.69, 9.17) is 5.14 Å². The lowest BCUT2D eigenvalue weighted by molar-refractivity contribution is -0.117. The monoisotopic (exact) mass is 311 g/mol. The fourth-order valence-electron chi connectivity index (χ4n) is 2.43. The number of rotatable bonds is 4. The highest BCUT2D eigenvalue weighted by atomic mass is 32.2. The molecule has 0 aliphatic carbocycles. The van der Waals surface area contributed by atoms with E-state index >= 15 is 0 Å². The lowest BCUT2D eigenvalue weighted by Gasteiger charge is -2.17. The van der Waals surface area contributed by atoms with Crippen LogP contribution in [0.25, 0.3) is 0 Å². The van der Waals surface area contributed by atoms with Gasteiger partial charge >= 0.3 is 0 Å². The van der Waals surface area contributed by atoms with E-state index in [1.165, 1.54) is 11.9 Å². The second-order valence-electron chi connectivity index (χ2n) is 5.03. The number of carbonyl (C=O) groups is 2. The van der Waals surface area contributed by atoms with Crippen LogP contribution in [-0.2, 0) is 14.8 Å². The van der Waals surface area contributed by atoms with Crippen molar-refractivity contribution in [3.05, 3.63) is 29.8 Å². The van der Waals surface area contributed by atoms with Gasteiger partial charge in [0, 0.05) is 37.2 Å². The van der Waals surface area contributed by atoms with Gasteiger partial charge in [-0.15, -0.1) is 0 Å². The van der Waals surface area contributed by atoms with Crippen LogP contribution in [0.5, 0.6) is 0 Å². The Balaban J connectivity index is 2.19. The van der Waals surface area contributed by atoms with Crippen LogP contribution in [0.15, 0.2) is 24.3 Å². The molecular weight excluding hydrogens is 294 g/mol. The minimum atomic E-state index is -3.61. The molecule has 1 heterocycles. The molecule has 8 heteroatoms. The van der Waals surface area contributed by atoms with E-state index in [0.717, 1.165) is 0 Å². The van der Waals surface area contributed by atoms with E-state index in [0.29, 0.717) is 11.3 Å². The summed E-state index contributed by atoms with van der Waals surface area (Å²) in [6.07, 6.45) is 0.140. The van der Waals surface area contributed by atoms with Gasteiger partial charge in [-0.05, 0) is 18.2 Å². The molecule has 0 bridgehead atoms. The molecule has 7 nitrogen and oxygen atoms in total. The van der Waals surface area contributed by atoms with Gasteiger partial charge in [0.25, 0.3) is 5.91 Å². The minimum Gasteiger partial charge on any atom is -0.355 e. The highest BCUT2D eigenvalue weighted by Crippen LogP contribution is 2.26. The van der Waals surface area contributed by atoms with Gasteiger partial charge in [-0.25, -0.2) is 13.6 Å². The highest BCUT2D eigenvalue weighted by Gasteiger charge is 2.32. The fourth-order valence-corrected chi connectivity index (χ4v) is 3.31. The number of amides is 2. The SMILES string of the molecule is CNC(=O)c1cccc(N2CC(CS(N)(=O)=O)CC2=O)c1. The summed E-state index contributed by atoms with van der Waals surface area (Å²) in [6, 6.07) is 6.64. The zero-order valence-electron chi connectivity index (χ0n) is 11.6. The van der Waals surface area contributed by atoms with Crippen LogP contribution in [0.1, 0.15) is 16.8 Å². The van der Waals surface area contributed by atoms with Gasteiger partial charge in [0.15, 0.2) is 0 Å². The molecule has 1 fully saturated rings. The molecule has 2 rings (SSSR count). The highest BCUT2D eigenvalue weighted by molar-refractivity contribution is 7.89. The van der Waals surface area contributed by atoms with Crippen LogP contribution < -0.4 is 15.4 Å². The third-order valence-corrected chi connectivity index (χ3v) is 4.26. The zero-order valence-corrected chi connectivity index (χ0v) is 12.4. The third-order valence-electron chi connectivity index (χ3n) is 3.32. The number of hydrogen-bond acceptors (Lipinski definition) is 4. The summed E-state index contributed by atoms with van der Waals surface area (Å²) < 4.78 is 22.2. The Morgan fingerprint density at radius 2 is 2.19 bits per heavy atom. The van der Waals surface area contributed by atoms with Crippen molar-refractivity contribution in [3.63, 3.8) is 0 Å². The lowest BCUT2D eigenvalue weighted by atomic mass is 10.1. The van der Waals surface area contributed by atoms with Crippen molar-refractivity contribution in [2.45, 2.75) is 6.42 Å². The minimum absolute atomic E-state index is 0.140. The third kappa shape index (κ3) is 3.79. The molecular formula is C13H17N3O4S. The number of carbonyl (C=O) groups excluding carboxylic acids is 2. The summed E-state index contributed by atoms with van der Waals surface area (Å²) in [4.78, 5) is 25.1. The van der Waals surface area contributed by atoms with Crippen molar-refractivity contribution in [2.75, 3.05) is 24.2 Å². The number of primary sulfonamides is 1. The van der Waals surface area contributed by atoms with E-state index in [9.17, 15) is 18.0 Å². The van der Waals surface area contributed by atoms with Crippen molar-refractivity contribution in [1.82, 2.24) is 5.32 Å². The Morgan fingerprint density at radius 3 is 2.81 bits per heavy atom. The molecule has 0 spiro atoms. The maximum absolute atomic E-state index is 12.0. The molecule has 3 N–H and O–H groups in total. The molecule has 2 amide bonds. The Morgan fingerprint density at radius 1 is 1.48 bits per heavy atom. The number of hydrogen-bond donors (Lipinski definition) is 2. The molecule has 0 radical (unpaired) electrons. The number of sulfonamides is 1. The number of benzene rings is 1. The summed E-state index contributed by atoms with van der Waals surface area (Å²) in [7, 11) is -2.08. The molecule has 1 aromatic rings. The van der Waals surface area contributed by atoms with Gasteiger partial charge in [-0.2, -0.15) is 0 Å². The predicted molar refractivity (Wildman–Crippen MR) is 78.3 cm³/mol. The fraction of sp³-hybridized carbons (Fsp3) is 0.385. The summed E-state index contributed by atoms with van der Waals surface area (Å²) in [6.45, 7) is 0.284. The van der Waals surface area contributed by atoms with Crippen molar-refractivity contribution >= 4 is 27.5 Å². The Labute approximate surface area is 123 Å². The molecule has 114 valence electrons. The lowest BCUT2D eigenvalue weighted by Crippen LogP contribution is -2.27. The van der Waals surface area contributed by atoms with Gasteiger partial charge in [0.2, 0.25) is 15.9 Å². The van der Waals surface area contributed by atoms with Crippen molar-refractivity contribution < 1.29 is 18.0 Å². The van der Waals surface area contributed by atoms with Crippen LogP contribution in [0.3, 0.4) is 0 Å². The smallest absolute Gasteiger partial charge is 0.251 e. The molecule has 0 saturated carbocycles. The predicted octanol–water partition coefficient (Wildman–Crippen LogP) is -0.312. The first-order chi connectivity index (χ1) is 9.80. The molecule has 1 atom stereocenters. The average Bonchev–Trinajstić information content (AvgIpc) is 2.76. The van der Waals surface area contributed by atoms with Gasteiger partial charge < -0.3 is 10.2 Å². The second-order valence-corrected chi connectivity index (χ2v) is 6.69. The summed E-state index contributed by atoms with van der Waals surface area (Å²) in [5, 5.41) is 7.53. The second kappa shape index (κ2) is 5.82. The topological polar surface area (TPSA) is 110 Å². The van der Waals surface area contributed by atoms with Gasteiger partial charge in [-0.1, -0.05) is 6.07 Å². The number of nitrogens with two attached hydrogens (primary N) is 1. The number of nitrogens with zero attached hydrogens (tertiary/aromatic N) is 1. The number of anilines is 1. The van der Waals surface area contributed by atoms with Crippen LogP contribution in [0, 0.1) is 5.92 Å². The molecule has 1 aliphatic rings. The largest absolute Gasteiger partial charge is 0.355 e. The van der Waals surface area contributed by atoms with E-state index < -0.39 is 10.0 Å². The summed E-state index contributed by atoms with van der Waals surface area (Å²) >= 11 is 0. The molecule has 1 aliphatic heterocycles. The summed E-state index contributed by atoms with van der Waals surface area (Å²) in [5.74, 6) is -0.955. The average molecular weight is 311 g/mol. The van der Waals surface area contributed by atoms with E-state index in [1.807, 2.05) is 0 Å². The molecule has 1 unspecified atom stereocenters. The number of nitrogens with one attached hydrogen (secondary N) is 1. The van der Waals surface area contributed by atoms with Crippen LogP contribution >= 0.6 is 0 Å². The maximum Gasteiger partial charge on any atom is 0.251 e. The van der Waals surface area contributed by atoms with Crippen molar-refractivity contribution in [2.24, 2.45) is 11.1 Å². The van der Waals surface area contributed by atoms with E-state index in [-0.39, 0.29) is 36.5 Å². The van der Waals surface area contributed by atoms with Gasteiger partial charge in [0.1, 0.15) is 0 Å². The Kier molecular flexibility index (Phi) is 4.29. The first-order valence-corrected chi connectivity index (χ1v) is 8.14. The zero-order chi connectivity index (χ0) is 15.6. The van der Waals surface area contributed by atoms with Crippen molar-refractivity contribution in [3.8, 4) is 0 Å². The molecule has 1 saturated heterocycles. The first kappa shape index (κ1) is 15.5. The Bertz CT molecular complexity index is 672. The normalized spacial score (nSPS) is 18.9. The summed E-state index contributed by atoms with van der Waals surface area (Å²) in [5.41, 5.74) is 1.02. The maximum atomic E-state index is 12.0. The van der Waals surface area contributed by atoms with Crippen LogP contribution in [0.2, 0.25) is 0 Å². The van der Waals surface area contributed by atoms with Crippen LogP contribution in [-0.4, -0.2) is 39.6 Å². The molecule has 21 heavy (non-hydrogen) atoms.